The Morgan fingerprint density at radius 1 is 1.00 bits per heavy atom. The zero-order valence-electron chi connectivity index (χ0n) is 16.1. The summed E-state index contributed by atoms with van der Waals surface area (Å²) in [4.78, 5) is 23.3. The highest BCUT2D eigenvalue weighted by molar-refractivity contribution is 9.10. The van der Waals surface area contributed by atoms with E-state index in [1.165, 1.54) is 0 Å². The summed E-state index contributed by atoms with van der Waals surface area (Å²) in [5, 5.41) is 12.3. The SMILES string of the molecule is O=C(O)Cc1ccc(Oc2ccc(C(=O)NC(Cl)Cc3ccc(Cl)cc3)cc2)c(Br)c1. The van der Waals surface area contributed by atoms with E-state index in [1.807, 2.05) is 12.1 Å². The second-order valence-corrected chi connectivity index (χ2v) is 8.55. The highest BCUT2D eigenvalue weighted by atomic mass is 79.9. The van der Waals surface area contributed by atoms with E-state index in [2.05, 4.69) is 21.2 Å². The third kappa shape index (κ3) is 6.99. The maximum Gasteiger partial charge on any atom is 0.307 e. The molecule has 8 heteroatoms. The number of nitrogens with one attached hydrogen (secondary N) is 1. The number of aliphatic carboxylic acids is 1. The average molecular weight is 523 g/mol. The number of carboxylic acid groups (broad SMARTS) is 1. The number of hydrogen-bond donors (Lipinski definition) is 2. The molecule has 3 aromatic rings. The van der Waals surface area contributed by atoms with E-state index in [9.17, 15) is 9.59 Å². The molecule has 0 aliphatic rings. The van der Waals surface area contributed by atoms with Crippen molar-refractivity contribution in [2.45, 2.75) is 18.3 Å². The molecule has 0 heterocycles. The van der Waals surface area contributed by atoms with Crippen LogP contribution in [0.2, 0.25) is 5.02 Å². The number of benzene rings is 3. The van der Waals surface area contributed by atoms with Crippen molar-refractivity contribution in [2.24, 2.45) is 0 Å². The van der Waals surface area contributed by atoms with Crippen LogP contribution in [0, 0.1) is 0 Å². The van der Waals surface area contributed by atoms with Crippen molar-refractivity contribution in [1.29, 1.82) is 0 Å². The smallest absolute Gasteiger partial charge is 0.307 e. The maximum atomic E-state index is 12.4. The Morgan fingerprint density at radius 3 is 2.26 bits per heavy atom. The first-order valence-corrected chi connectivity index (χ1v) is 10.9. The van der Waals surface area contributed by atoms with Gasteiger partial charge in [-0.15, -0.1) is 0 Å². The Morgan fingerprint density at radius 2 is 1.65 bits per heavy atom. The van der Waals surface area contributed by atoms with Crippen LogP contribution >= 0.6 is 39.1 Å². The number of alkyl halides is 1. The van der Waals surface area contributed by atoms with Gasteiger partial charge in [0.05, 0.1) is 10.9 Å². The number of amides is 1. The lowest BCUT2D eigenvalue weighted by molar-refractivity contribution is -0.136. The minimum absolute atomic E-state index is 0.0672. The van der Waals surface area contributed by atoms with E-state index in [0.717, 1.165) is 5.56 Å². The van der Waals surface area contributed by atoms with E-state index < -0.39 is 11.5 Å². The van der Waals surface area contributed by atoms with Crippen molar-refractivity contribution < 1.29 is 19.4 Å². The van der Waals surface area contributed by atoms with Crippen molar-refractivity contribution in [3.05, 3.63) is 92.9 Å². The molecule has 0 aliphatic heterocycles. The van der Waals surface area contributed by atoms with Gasteiger partial charge in [-0.1, -0.05) is 41.4 Å². The van der Waals surface area contributed by atoms with Crippen LogP contribution in [0.25, 0.3) is 0 Å². The Kier molecular flexibility index (Phi) is 7.96. The van der Waals surface area contributed by atoms with Gasteiger partial charge < -0.3 is 15.2 Å². The molecule has 0 aliphatic carbocycles. The fraction of sp³-hybridized carbons (Fsp3) is 0.130. The van der Waals surface area contributed by atoms with Crippen molar-refractivity contribution in [1.82, 2.24) is 5.32 Å². The van der Waals surface area contributed by atoms with Gasteiger partial charge in [0.1, 0.15) is 17.0 Å². The lowest BCUT2D eigenvalue weighted by atomic mass is 10.1. The molecule has 5 nitrogen and oxygen atoms in total. The molecular weight excluding hydrogens is 505 g/mol. The normalized spacial score (nSPS) is 11.6. The number of halogens is 3. The molecule has 0 aromatic heterocycles. The lowest BCUT2D eigenvalue weighted by Crippen LogP contribution is -2.32. The number of hydrogen-bond acceptors (Lipinski definition) is 3. The van der Waals surface area contributed by atoms with Gasteiger partial charge in [0, 0.05) is 17.0 Å². The van der Waals surface area contributed by atoms with E-state index in [1.54, 1.807) is 54.6 Å². The second-order valence-electron chi connectivity index (χ2n) is 6.73. The number of carboxylic acids is 1. The first-order chi connectivity index (χ1) is 14.8. The van der Waals surface area contributed by atoms with E-state index in [0.29, 0.717) is 38.5 Å². The van der Waals surface area contributed by atoms with Crippen LogP contribution in [0.1, 0.15) is 21.5 Å². The third-order valence-electron chi connectivity index (χ3n) is 4.31. The van der Waals surface area contributed by atoms with Crippen LogP contribution in [0.4, 0.5) is 0 Å². The maximum absolute atomic E-state index is 12.4. The summed E-state index contributed by atoms with van der Waals surface area (Å²) in [7, 11) is 0. The monoisotopic (exact) mass is 521 g/mol. The minimum atomic E-state index is -0.901. The van der Waals surface area contributed by atoms with Gasteiger partial charge in [0.15, 0.2) is 0 Å². The zero-order chi connectivity index (χ0) is 22.4. The predicted octanol–water partition coefficient (Wildman–Crippen LogP) is 6.06. The standard InChI is InChI=1S/C23H18BrCl2NO4/c24-19-11-15(13-22(28)29)3-10-20(19)31-18-8-4-16(5-9-18)23(30)27-21(26)12-14-1-6-17(25)7-2-14/h1-11,21H,12-13H2,(H,27,30)(H,28,29). The summed E-state index contributed by atoms with van der Waals surface area (Å²) in [5.41, 5.74) is 1.51. The molecule has 3 rings (SSSR count). The van der Waals surface area contributed by atoms with Gasteiger partial charge in [-0.25, -0.2) is 0 Å². The summed E-state index contributed by atoms with van der Waals surface area (Å²) in [5.74, 6) is -0.122. The Hall–Kier alpha value is -2.54. The summed E-state index contributed by atoms with van der Waals surface area (Å²) in [6.07, 6.45) is 0.403. The molecule has 1 unspecified atom stereocenters. The molecule has 0 saturated heterocycles. The summed E-state index contributed by atoms with van der Waals surface area (Å²) < 4.78 is 6.45. The molecule has 1 amide bonds. The molecule has 160 valence electrons. The molecule has 0 saturated carbocycles. The largest absolute Gasteiger partial charge is 0.481 e. The van der Waals surface area contributed by atoms with Crippen LogP contribution in [-0.4, -0.2) is 22.5 Å². The topological polar surface area (TPSA) is 75.6 Å². The zero-order valence-corrected chi connectivity index (χ0v) is 19.2. The molecule has 0 radical (unpaired) electrons. The van der Waals surface area contributed by atoms with Gasteiger partial charge in [-0.2, -0.15) is 0 Å². The number of ether oxygens (including phenoxy) is 1. The number of carbonyl (C=O) groups excluding carboxylic acids is 1. The summed E-state index contributed by atoms with van der Waals surface area (Å²) in [6.45, 7) is 0. The highest BCUT2D eigenvalue weighted by Crippen LogP contribution is 2.31. The van der Waals surface area contributed by atoms with Crippen LogP contribution in [0.5, 0.6) is 11.5 Å². The van der Waals surface area contributed by atoms with Crippen LogP contribution in [-0.2, 0) is 17.6 Å². The molecule has 0 fully saturated rings. The van der Waals surface area contributed by atoms with Crippen molar-refractivity contribution in [3.63, 3.8) is 0 Å². The van der Waals surface area contributed by atoms with Crippen LogP contribution in [0.3, 0.4) is 0 Å². The fourth-order valence-electron chi connectivity index (χ4n) is 2.82. The third-order valence-corrected chi connectivity index (χ3v) is 5.45. The fourth-order valence-corrected chi connectivity index (χ4v) is 3.73. The summed E-state index contributed by atoms with van der Waals surface area (Å²) in [6, 6.07) is 19.0. The first-order valence-electron chi connectivity index (χ1n) is 9.27. The van der Waals surface area contributed by atoms with Gasteiger partial charge in [0.25, 0.3) is 5.91 Å². The van der Waals surface area contributed by atoms with Gasteiger partial charge in [-0.05, 0) is 75.6 Å². The number of carbonyl (C=O) groups is 2. The second kappa shape index (κ2) is 10.7. The molecular formula is C23H18BrCl2NO4. The number of rotatable bonds is 8. The van der Waals surface area contributed by atoms with Gasteiger partial charge in [0.2, 0.25) is 0 Å². The lowest BCUT2D eigenvalue weighted by Gasteiger charge is -2.13. The first kappa shape index (κ1) is 23.1. The van der Waals surface area contributed by atoms with Crippen molar-refractivity contribution >= 4 is 51.0 Å². The molecule has 0 spiro atoms. The summed E-state index contributed by atoms with van der Waals surface area (Å²) >= 11 is 15.5. The van der Waals surface area contributed by atoms with E-state index in [-0.39, 0.29) is 12.3 Å². The molecule has 3 aromatic carbocycles. The van der Waals surface area contributed by atoms with Crippen molar-refractivity contribution in [3.8, 4) is 11.5 Å². The van der Waals surface area contributed by atoms with Crippen LogP contribution in [0.15, 0.2) is 71.2 Å². The molecule has 0 bridgehead atoms. The quantitative estimate of drug-likeness (QED) is 0.278. The average Bonchev–Trinajstić information content (AvgIpc) is 2.72. The van der Waals surface area contributed by atoms with Crippen molar-refractivity contribution in [2.75, 3.05) is 0 Å². The van der Waals surface area contributed by atoms with E-state index >= 15 is 0 Å². The Bertz CT molecular complexity index is 1070. The minimum Gasteiger partial charge on any atom is -0.481 e. The highest BCUT2D eigenvalue weighted by Gasteiger charge is 2.13. The van der Waals surface area contributed by atoms with E-state index in [4.69, 9.17) is 33.0 Å². The molecule has 2 N–H and O–H groups in total. The van der Waals surface area contributed by atoms with Gasteiger partial charge >= 0.3 is 5.97 Å². The Balaban J connectivity index is 1.58. The molecule has 31 heavy (non-hydrogen) atoms. The molecule has 1 atom stereocenters. The van der Waals surface area contributed by atoms with Gasteiger partial charge in [-0.3, -0.25) is 9.59 Å². The Labute approximate surface area is 198 Å². The predicted molar refractivity (Wildman–Crippen MR) is 124 cm³/mol. The van der Waals surface area contributed by atoms with Crippen LogP contribution < -0.4 is 10.1 Å².